The number of nitrogens with one attached hydrogen (secondary N) is 1. The monoisotopic (exact) mass is 354 g/mol. The average Bonchev–Trinajstić information content (AvgIpc) is 3.29. The van der Waals surface area contributed by atoms with E-state index in [2.05, 4.69) is 31.6 Å². The van der Waals surface area contributed by atoms with Gasteiger partial charge in [-0.25, -0.2) is 4.99 Å². The molecule has 1 saturated heterocycles. The zero-order valence-electron chi connectivity index (χ0n) is 15.0. The Balaban J connectivity index is 1.43. The van der Waals surface area contributed by atoms with E-state index in [0.29, 0.717) is 24.7 Å². The number of aromatic nitrogens is 4. The third kappa shape index (κ3) is 2.33. The number of hydrogen-bond acceptors (Lipinski definition) is 7. The maximum atomic E-state index is 12.5. The number of fused-ring (bicyclic) bond motifs is 1. The van der Waals surface area contributed by atoms with Crippen molar-refractivity contribution in [2.75, 3.05) is 32.1 Å². The van der Waals surface area contributed by atoms with Crippen LogP contribution in [-0.4, -0.2) is 69.3 Å². The molecule has 136 valence electrons. The van der Waals surface area contributed by atoms with Gasteiger partial charge in [-0.05, 0) is 31.7 Å². The highest BCUT2D eigenvalue weighted by Gasteiger charge is 2.46. The lowest BCUT2D eigenvalue weighted by molar-refractivity contribution is -0.124. The molecular formula is C17H22N8O. The Hall–Kier alpha value is -2.71. The fourth-order valence-electron chi connectivity index (χ4n) is 3.81. The van der Waals surface area contributed by atoms with Crippen LogP contribution in [-0.2, 0) is 4.79 Å². The number of hydrogen-bond donors (Lipinski definition) is 1. The summed E-state index contributed by atoms with van der Waals surface area (Å²) in [5.41, 5.74) is 2.31. The van der Waals surface area contributed by atoms with Gasteiger partial charge >= 0.3 is 0 Å². The first-order valence-electron chi connectivity index (χ1n) is 9.10. The Morgan fingerprint density at radius 2 is 2.04 bits per heavy atom. The van der Waals surface area contributed by atoms with E-state index in [1.807, 2.05) is 19.0 Å². The number of aliphatic imine (C=N–C) groups is 1. The van der Waals surface area contributed by atoms with Crippen molar-refractivity contribution >= 4 is 23.2 Å². The Kier molecular flexibility index (Phi) is 3.22. The molecule has 0 atom stereocenters. The summed E-state index contributed by atoms with van der Waals surface area (Å²) in [7, 11) is 3.79. The van der Waals surface area contributed by atoms with E-state index in [0.717, 1.165) is 30.1 Å². The predicted molar refractivity (Wildman–Crippen MR) is 96.2 cm³/mol. The molecule has 1 aliphatic carbocycles. The first-order chi connectivity index (χ1) is 12.6. The minimum absolute atomic E-state index is 0.0156. The van der Waals surface area contributed by atoms with Gasteiger partial charge in [0.15, 0.2) is 0 Å². The van der Waals surface area contributed by atoms with Crippen molar-refractivity contribution in [2.45, 2.75) is 37.1 Å². The van der Waals surface area contributed by atoms with Crippen molar-refractivity contribution < 1.29 is 4.79 Å². The number of carbonyl (C=O) groups excluding carboxylic acids is 1. The van der Waals surface area contributed by atoms with Crippen LogP contribution in [0.5, 0.6) is 0 Å². The normalized spacial score (nSPS) is 22.0. The second-order valence-electron chi connectivity index (χ2n) is 7.63. The van der Waals surface area contributed by atoms with Crippen LogP contribution in [0.4, 0.5) is 5.69 Å². The van der Waals surface area contributed by atoms with Gasteiger partial charge in [-0.15, -0.1) is 10.2 Å². The number of nitrogens with zero attached hydrogens (tertiary/aromatic N) is 7. The molecule has 5 rings (SSSR count). The van der Waals surface area contributed by atoms with Crippen LogP contribution in [0.3, 0.4) is 0 Å². The zero-order chi connectivity index (χ0) is 17.9. The number of amides is 1. The fraction of sp³-hybridized carbons (Fsp3) is 0.588. The highest BCUT2D eigenvalue weighted by molar-refractivity contribution is 6.07. The summed E-state index contributed by atoms with van der Waals surface area (Å²) in [5.74, 6) is 1.23. The van der Waals surface area contributed by atoms with Crippen molar-refractivity contribution in [1.29, 1.82) is 0 Å². The van der Waals surface area contributed by atoms with Gasteiger partial charge in [0.25, 0.3) is 5.91 Å². The molecule has 0 bridgehead atoms. The van der Waals surface area contributed by atoms with Crippen molar-refractivity contribution in [3.8, 4) is 0 Å². The lowest BCUT2D eigenvalue weighted by atomic mass is 9.88. The van der Waals surface area contributed by atoms with E-state index < -0.39 is 5.54 Å². The SMILES string of the molecule is CN(C)C1=NC2(CCN(c3cc(C4CC4)nn4cnnc34)CC2)C(=O)N1. The topological polar surface area (TPSA) is 91.0 Å². The van der Waals surface area contributed by atoms with Gasteiger partial charge < -0.3 is 9.80 Å². The molecule has 0 unspecified atom stereocenters. The second-order valence-corrected chi connectivity index (χ2v) is 7.63. The maximum absolute atomic E-state index is 12.5. The van der Waals surface area contributed by atoms with Crippen LogP contribution in [0.2, 0.25) is 0 Å². The molecule has 2 aromatic heterocycles. The number of guanidine groups is 1. The quantitative estimate of drug-likeness (QED) is 0.839. The molecule has 1 saturated carbocycles. The van der Waals surface area contributed by atoms with Crippen molar-refractivity contribution in [1.82, 2.24) is 30.0 Å². The number of rotatable bonds is 2. The van der Waals surface area contributed by atoms with Gasteiger partial charge in [0, 0.05) is 33.1 Å². The Labute approximate surface area is 151 Å². The molecule has 0 aromatic carbocycles. The summed E-state index contributed by atoms with van der Waals surface area (Å²) in [5, 5.41) is 15.8. The molecule has 2 aliphatic heterocycles. The standard InChI is InChI=1S/C17H22N8O/c1-23(2)16-19-15(26)17(20-16)5-7-24(8-6-17)13-9-12(11-3-4-11)22-25-10-18-21-14(13)25/h9-11H,3-8H2,1-2H3,(H,19,20,26). The zero-order valence-corrected chi connectivity index (χ0v) is 15.0. The molecule has 9 nitrogen and oxygen atoms in total. The van der Waals surface area contributed by atoms with Gasteiger partial charge in [0.2, 0.25) is 11.6 Å². The summed E-state index contributed by atoms with van der Waals surface area (Å²) >= 11 is 0. The molecule has 26 heavy (non-hydrogen) atoms. The van der Waals surface area contributed by atoms with Crippen LogP contribution in [0.15, 0.2) is 17.4 Å². The number of piperidine rings is 1. The first kappa shape index (κ1) is 15.5. The van der Waals surface area contributed by atoms with Crippen LogP contribution >= 0.6 is 0 Å². The molecular weight excluding hydrogens is 332 g/mol. The molecule has 1 amide bonds. The average molecular weight is 354 g/mol. The highest BCUT2D eigenvalue weighted by atomic mass is 16.2. The smallest absolute Gasteiger partial charge is 0.254 e. The lowest BCUT2D eigenvalue weighted by Gasteiger charge is -2.36. The van der Waals surface area contributed by atoms with Crippen LogP contribution in [0.25, 0.3) is 5.65 Å². The number of carbonyl (C=O) groups is 1. The van der Waals surface area contributed by atoms with E-state index >= 15 is 0 Å². The number of anilines is 1. The summed E-state index contributed by atoms with van der Waals surface area (Å²) in [6.45, 7) is 1.52. The van der Waals surface area contributed by atoms with Gasteiger partial charge in [0.1, 0.15) is 11.9 Å². The third-order valence-electron chi connectivity index (χ3n) is 5.59. The molecule has 2 fully saturated rings. The molecule has 9 heteroatoms. The van der Waals surface area contributed by atoms with Crippen molar-refractivity contribution in [3.05, 3.63) is 18.1 Å². The lowest BCUT2D eigenvalue weighted by Crippen LogP contribution is -2.49. The fourth-order valence-corrected chi connectivity index (χ4v) is 3.81. The van der Waals surface area contributed by atoms with Crippen LogP contribution in [0, 0.1) is 0 Å². The predicted octanol–water partition coefficient (Wildman–Crippen LogP) is 0.388. The van der Waals surface area contributed by atoms with E-state index in [4.69, 9.17) is 4.99 Å². The van der Waals surface area contributed by atoms with Crippen molar-refractivity contribution in [2.24, 2.45) is 4.99 Å². The minimum atomic E-state index is -0.633. The molecule has 0 radical (unpaired) electrons. The van der Waals surface area contributed by atoms with Crippen LogP contribution < -0.4 is 10.2 Å². The van der Waals surface area contributed by atoms with E-state index in [-0.39, 0.29) is 5.91 Å². The maximum Gasteiger partial charge on any atom is 0.254 e. The van der Waals surface area contributed by atoms with Crippen molar-refractivity contribution in [3.63, 3.8) is 0 Å². The molecule has 1 spiro atoms. The summed E-state index contributed by atoms with van der Waals surface area (Å²) in [6, 6.07) is 2.16. The summed E-state index contributed by atoms with van der Waals surface area (Å²) in [4.78, 5) is 21.4. The highest BCUT2D eigenvalue weighted by Crippen LogP contribution is 2.41. The Bertz CT molecular complexity index is 905. The van der Waals surface area contributed by atoms with E-state index in [1.165, 1.54) is 12.8 Å². The van der Waals surface area contributed by atoms with E-state index in [1.54, 1.807) is 10.8 Å². The Morgan fingerprint density at radius 3 is 2.69 bits per heavy atom. The second kappa shape index (κ2) is 5.39. The van der Waals surface area contributed by atoms with Gasteiger partial charge in [-0.1, -0.05) is 0 Å². The third-order valence-corrected chi connectivity index (χ3v) is 5.59. The molecule has 3 aliphatic rings. The molecule has 1 N–H and O–H groups in total. The molecule has 2 aromatic rings. The summed E-state index contributed by atoms with van der Waals surface area (Å²) < 4.78 is 1.78. The Morgan fingerprint density at radius 1 is 1.27 bits per heavy atom. The van der Waals surface area contributed by atoms with Gasteiger partial charge in [-0.2, -0.15) is 9.61 Å². The summed E-state index contributed by atoms with van der Waals surface area (Å²) in [6.07, 6.45) is 5.44. The van der Waals surface area contributed by atoms with Crippen LogP contribution in [0.1, 0.15) is 37.3 Å². The first-order valence-corrected chi connectivity index (χ1v) is 9.10. The van der Waals surface area contributed by atoms with Gasteiger partial charge in [0.05, 0.1) is 11.4 Å². The minimum Gasteiger partial charge on any atom is -0.368 e. The molecule has 4 heterocycles. The largest absolute Gasteiger partial charge is 0.368 e. The van der Waals surface area contributed by atoms with E-state index in [9.17, 15) is 4.79 Å². The van der Waals surface area contributed by atoms with Gasteiger partial charge in [-0.3, -0.25) is 10.1 Å².